The summed E-state index contributed by atoms with van der Waals surface area (Å²) in [4.78, 5) is 8.32. The highest BCUT2D eigenvalue weighted by molar-refractivity contribution is 14.2. The van der Waals surface area contributed by atoms with Crippen LogP contribution >= 0.6 is 40.0 Å². The number of allylic oxidation sites excluding steroid dienone is 1. The lowest BCUT2D eigenvalue weighted by molar-refractivity contribution is 0.140. The third kappa shape index (κ3) is 4.64. The molecule has 0 saturated heterocycles. The van der Waals surface area contributed by atoms with Crippen LogP contribution in [0.4, 0.5) is 20.2 Å². The quantitative estimate of drug-likeness (QED) is 0.118. The molecular weight excluding hydrogens is 562 g/mol. The van der Waals surface area contributed by atoms with E-state index in [9.17, 15) is 8.78 Å². The van der Waals surface area contributed by atoms with E-state index < -0.39 is 6.43 Å². The number of ether oxygens (including phenoxy) is 1. The van der Waals surface area contributed by atoms with E-state index in [0.717, 1.165) is 0 Å². The second kappa shape index (κ2) is 9.68. The van der Waals surface area contributed by atoms with E-state index >= 15 is 0 Å². The first-order valence-corrected chi connectivity index (χ1v) is 13.3. The zero-order valence-corrected chi connectivity index (χ0v) is 20.7. The summed E-state index contributed by atoms with van der Waals surface area (Å²) in [7, 11) is 3.19. The zero-order chi connectivity index (χ0) is 22.9. The van der Waals surface area contributed by atoms with Gasteiger partial charge in [-0.3, -0.25) is 4.34 Å². The number of alkyl halides is 2. The number of fused-ring (bicyclic) bond motifs is 1. The number of anilines is 2. The van der Waals surface area contributed by atoms with E-state index in [0.29, 0.717) is 34.1 Å². The van der Waals surface area contributed by atoms with Gasteiger partial charge >= 0.3 is 0 Å². The molecule has 1 aromatic carbocycles. The van der Waals surface area contributed by atoms with E-state index in [1.54, 1.807) is 32.2 Å². The van der Waals surface area contributed by atoms with Gasteiger partial charge in [0.2, 0.25) is 0 Å². The number of nitrogens with two attached hydrogens (primary N) is 2. The Morgan fingerprint density at radius 3 is 2.65 bits per heavy atom. The monoisotopic (exact) mass is 581 g/mol. The van der Waals surface area contributed by atoms with Gasteiger partial charge in [-0.05, 0) is 41.1 Å². The van der Waals surface area contributed by atoms with Crippen LogP contribution in [0.3, 0.4) is 0 Å². The molecule has 1 atom stereocenters. The van der Waals surface area contributed by atoms with Gasteiger partial charge in [-0.25, -0.2) is 24.6 Å². The summed E-state index contributed by atoms with van der Waals surface area (Å²) in [5.41, 5.74) is 9.49. The van der Waals surface area contributed by atoms with Crippen molar-refractivity contribution in [3.05, 3.63) is 46.5 Å². The van der Waals surface area contributed by atoms with E-state index in [2.05, 4.69) is 15.3 Å². The molecule has 3 aromatic rings. The molecule has 8 nitrogen and oxygen atoms in total. The molecule has 0 bridgehead atoms. The first-order valence-electron chi connectivity index (χ1n) is 8.82. The highest BCUT2D eigenvalue weighted by atomic mass is 127. The van der Waals surface area contributed by atoms with Gasteiger partial charge in [0.05, 0.1) is 30.6 Å². The number of halogens is 4. The number of hydrogen-bond acceptors (Lipinski definition) is 7. The number of para-hydroxylation sites is 1. The first-order chi connectivity index (χ1) is 14.7. The number of hydrazine groups is 1. The van der Waals surface area contributed by atoms with Crippen molar-refractivity contribution in [1.29, 1.82) is 0 Å². The molecule has 13 heteroatoms. The van der Waals surface area contributed by atoms with Gasteiger partial charge in [-0.15, -0.1) is 0 Å². The van der Waals surface area contributed by atoms with Crippen LogP contribution in [0.15, 0.2) is 30.0 Å². The zero-order valence-electron chi connectivity index (χ0n) is 16.8. The topological polar surface area (TPSA) is 107 Å². The maximum absolute atomic E-state index is 13.5. The Hall–Kier alpha value is -1.95. The van der Waals surface area contributed by atoms with Crippen LogP contribution in [-0.4, -0.2) is 33.5 Å². The summed E-state index contributed by atoms with van der Waals surface area (Å²) in [6.07, 6.45) is -2.77. The number of pyridine rings is 1. The maximum Gasteiger partial charge on any atom is 0.295 e. The van der Waals surface area contributed by atoms with Crippen molar-refractivity contribution in [1.82, 2.24) is 19.3 Å². The molecule has 0 aliphatic heterocycles. The highest BCUT2D eigenvalue weighted by Gasteiger charge is 2.23. The lowest BCUT2D eigenvalue weighted by Gasteiger charge is -2.19. The van der Waals surface area contributed by atoms with Crippen LogP contribution in [0.1, 0.15) is 24.7 Å². The van der Waals surface area contributed by atoms with Gasteiger partial charge < -0.3 is 20.8 Å². The SMILES string of the molecule is COc1c(Nc2cc(Cl)nc3c2nc(C(F)F)n3PI)cccc1/C(N)=C(\C)N(C)N. The van der Waals surface area contributed by atoms with E-state index in [1.165, 1.54) is 22.5 Å². The third-order valence-corrected chi connectivity index (χ3v) is 6.84. The lowest BCUT2D eigenvalue weighted by Crippen LogP contribution is -2.26. The molecule has 0 aliphatic carbocycles. The minimum Gasteiger partial charge on any atom is -0.494 e. The van der Waals surface area contributed by atoms with E-state index in [-0.39, 0.29) is 28.5 Å². The van der Waals surface area contributed by atoms with Crippen LogP contribution in [0.2, 0.25) is 5.15 Å². The van der Waals surface area contributed by atoms with Crippen molar-refractivity contribution in [2.24, 2.45) is 11.6 Å². The molecular formula is C18H20ClF2IN7OP. The van der Waals surface area contributed by atoms with Crippen LogP contribution in [0, 0.1) is 0 Å². The van der Waals surface area contributed by atoms with Gasteiger partial charge in [-0.1, -0.05) is 17.7 Å². The summed E-state index contributed by atoms with van der Waals surface area (Å²) in [5.74, 6) is 5.89. The van der Waals surface area contributed by atoms with Crippen molar-refractivity contribution in [3.8, 4) is 5.75 Å². The van der Waals surface area contributed by atoms with Gasteiger partial charge in [0.1, 0.15) is 10.7 Å². The molecule has 2 aromatic heterocycles. The molecule has 0 fully saturated rings. The van der Waals surface area contributed by atoms with Crippen LogP contribution in [-0.2, 0) is 0 Å². The van der Waals surface area contributed by atoms with E-state index in [1.807, 2.05) is 22.0 Å². The van der Waals surface area contributed by atoms with Crippen molar-refractivity contribution >= 4 is 68.3 Å². The highest BCUT2D eigenvalue weighted by Crippen LogP contribution is 2.40. The molecule has 5 N–H and O–H groups in total. The molecule has 3 rings (SSSR count). The fraction of sp³-hybridized carbons (Fsp3) is 0.222. The lowest BCUT2D eigenvalue weighted by atomic mass is 10.1. The normalized spacial score (nSPS) is 12.7. The Balaban J connectivity index is 2.18. The smallest absolute Gasteiger partial charge is 0.295 e. The second-order valence-electron chi connectivity index (χ2n) is 6.48. The van der Waals surface area contributed by atoms with E-state index in [4.69, 9.17) is 27.9 Å². The summed E-state index contributed by atoms with van der Waals surface area (Å²) in [6.45, 7) is 1.78. The van der Waals surface area contributed by atoms with Crippen LogP contribution < -0.4 is 21.6 Å². The Morgan fingerprint density at radius 2 is 2.06 bits per heavy atom. The summed E-state index contributed by atoms with van der Waals surface area (Å²) in [5, 5.41) is 4.73. The van der Waals surface area contributed by atoms with Crippen molar-refractivity contribution in [3.63, 3.8) is 0 Å². The van der Waals surface area contributed by atoms with Crippen LogP contribution in [0.5, 0.6) is 5.75 Å². The maximum atomic E-state index is 13.5. The third-order valence-electron chi connectivity index (χ3n) is 4.59. The average Bonchev–Trinajstić information content (AvgIpc) is 3.11. The van der Waals surface area contributed by atoms with Gasteiger partial charge in [0.15, 0.2) is 17.2 Å². The number of methoxy groups -OCH3 is 1. The molecule has 0 spiro atoms. The Labute approximate surface area is 197 Å². The van der Waals surface area contributed by atoms with Crippen LogP contribution in [0.25, 0.3) is 16.9 Å². The van der Waals surface area contributed by atoms with Gasteiger partial charge in [0, 0.05) is 24.4 Å². The number of rotatable bonds is 7. The standard InChI is InChI=1S/C18H20ClF2IN7OP/c1-8(28(2)24)13(23)9-5-4-6-10(15(9)30-3)25-11-7-12(19)26-17-14(11)27-18(16(20)21)29(17)31-22/h4-7,16,31H,23-24H2,1-3H3,(H,25,26)/b13-8-. The number of imidazole rings is 1. The molecule has 166 valence electrons. The van der Waals surface area contributed by atoms with Crippen molar-refractivity contribution in [2.75, 3.05) is 19.5 Å². The number of aromatic nitrogens is 3. The fourth-order valence-electron chi connectivity index (χ4n) is 2.96. The van der Waals surface area contributed by atoms with Gasteiger partial charge in [0.25, 0.3) is 6.43 Å². The number of nitrogens with zero attached hydrogens (tertiary/aromatic N) is 4. The molecule has 0 amide bonds. The average molecular weight is 582 g/mol. The second-order valence-corrected chi connectivity index (χ2v) is 8.93. The number of benzene rings is 1. The molecule has 0 aliphatic rings. The number of nitrogens with one attached hydrogen (secondary N) is 1. The minimum atomic E-state index is -2.75. The fourth-order valence-corrected chi connectivity index (χ4v) is 5.04. The molecule has 0 radical (unpaired) electrons. The molecule has 2 heterocycles. The van der Waals surface area contributed by atoms with Crippen molar-refractivity contribution < 1.29 is 13.5 Å². The van der Waals surface area contributed by atoms with Gasteiger partial charge in [-0.2, -0.15) is 0 Å². The number of hydrogen-bond donors (Lipinski definition) is 3. The Kier molecular flexibility index (Phi) is 7.40. The molecule has 0 saturated carbocycles. The summed E-state index contributed by atoms with van der Waals surface area (Å²) >= 11 is 8.18. The predicted molar refractivity (Wildman–Crippen MR) is 130 cm³/mol. The Bertz CT molecular complexity index is 1160. The summed E-state index contributed by atoms with van der Waals surface area (Å²) in [6, 6.07) is 6.87. The Morgan fingerprint density at radius 1 is 1.35 bits per heavy atom. The van der Waals surface area contributed by atoms with Crippen molar-refractivity contribution in [2.45, 2.75) is 13.3 Å². The predicted octanol–water partition coefficient (Wildman–Crippen LogP) is 5.02. The minimum absolute atomic E-state index is 0.0213. The summed E-state index contributed by atoms with van der Waals surface area (Å²) < 4.78 is 33.9. The first kappa shape index (κ1) is 23.7. The molecule has 31 heavy (non-hydrogen) atoms. The largest absolute Gasteiger partial charge is 0.494 e. The molecule has 1 unspecified atom stereocenters.